The van der Waals surface area contributed by atoms with E-state index in [1.807, 2.05) is 6.07 Å². The molecule has 3 heterocycles. The molecule has 0 amide bonds. The van der Waals surface area contributed by atoms with Gasteiger partial charge in [0.2, 0.25) is 0 Å². The number of H-pyrrole nitrogens is 2. The third-order valence-corrected chi connectivity index (χ3v) is 5.03. The number of hydrogen-bond donors (Lipinski definition) is 2. The van der Waals surface area contributed by atoms with Crippen LogP contribution in [0.1, 0.15) is 0 Å². The maximum atomic E-state index is 4.81. The van der Waals surface area contributed by atoms with Crippen LogP contribution >= 0.6 is 0 Å². The third kappa shape index (κ3) is 2.55. The average molecular weight is 332 g/mol. The van der Waals surface area contributed by atoms with Crippen molar-refractivity contribution in [3.8, 4) is 11.4 Å². The van der Waals surface area contributed by atoms with Gasteiger partial charge < -0.3 is 19.8 Å². The maximum absolute atomic E-state index is 4.81. The Labute approximate surface area is 145 Å². The van der Waals surface area contributed by atoms with Gasteiger partial charge in [0.05, 0.1) is 28.4 Å². The second-order valence-corrected chi connectivity index (χ2v) is 6.71. The highest BCUT2D eigenvalue weighted by Gasteiger charge is 2.15. The predicted molar refractivity (Wildman–Crippen MR) is 101 cm³/mol. The fourth-order valence-corrected chi connectivity index (χ4v) is 3.47. The van der Waals surface area contributed by atoms with Crippen molar-refractivity contribution in [2.45, 2.75) is 0 Å². The molecule has 1 saturated heterocycles. The van der Waals surface area contributed by atoms with E-state index in [0.717, 1.165) is 59.6 Å². The Kier molecular flexibility index (Phi) is 3.24. The topological polar surface area (TPSA) is 63.8 Å². The predicted octanol–water partition coefficient (Wildman–Crippen LogP) is 2.86. The molecule has 1 aliphatic rings. The van der Waals surface area contributed by atoms with E-state index in [0.29, 0.717) is 0 Å². The summed E-state index contributed by atoms with van der Waals surface area (Å²) in [5.74, 6) is 0.885. The molecule has 1 fully saturated rings. The minimum absolute atomic E-state index is 0.885. The van der Waals surface area contributed by atoms with Crippen molar-refractivity contribution in [3.63, 3.8) is 0 Å². The molecule has 0 saturated carbocycles. The van der Waals surface area contributed by atoms with Gasteiger partial charge in [-0.15, -0.1) is 0 Å². The molecule has 0 radical (unpaired) electrons. The summed E-state index contributed by atoms with van der Waals surface area (Å²) in [6.45, 7) is 4.34. The Bertz CT molecular complexity index is 1040. The van der Waals surface area contributed by atoms with Crippen molar-refractivity contribution in [1.29, 1.82) is 0 Å². The summed E-state index contributed by atoms with van der Waals surface area (Å²) in [5.41, 5.74) is 6.37. The van der Waals surface area contributed by atoms with Gasteiger partial charge in [-0.2, -0.15) is 0 Å². The van der Waals surface area contributed by atoms with Crippen LogP contribution in [0.3, 0.4) is 0 Å². The van der Waals surface area contributed by atoms with Gasteiger partial charge in [-0.05, 0) is 43.4 Å². The van der Waals surface area contributed by atoms with Gasteiger partial charge in [-0.1, -0.05) is 0 Å². The lowest BCUT2D eigenvalue weighted by Crippen LogP contribution is -2.44. The smallest absolute Gasteiger partial charge is 0.138 e. The fourth-order valence-electron chi connectivity index (χ4n) is 3.47. The van der Waals surface area contributed by atoms with E-state index >= 15 is 0 Å². The first kappa shape index (κ1) is 14.5. The van der Waals surface area contributed by atoms with E-state index < -0.39 is 0 Å². The number of imidazole rings is 2. The summed E-state index contributed by atoms with van der Waals surface area (Å²) in [7, 11) is 2.18. The highest BCUT2D eigenvalue weighted by atomic mass is 15.2. The molecule has 25 heavy (non-hydrogen) atoms. The van der Waals surface area contributed by atoms with Crippen LogP contribution in [-0.4, -0.2) is 58.1 Å². The molecule has 0 atom stereocenters. The van der Waals surface area contributed by atoms with Gasteiger partial charge in [0, 0.05) is 37.4 Å². The Morgan fingerprint density at radius 2 is 1.76 bits per heavy atom. The average Bonchev–Trinajstić information content (AvgIpc) is 3.27. The van der Waals surface area contributed by atoms with E-state index in [1.54, 1.807) is 6.33 Å². The van der Waals surface area contributed by atoms with Crippen LogP contribution < -0.4 is 4.90 Å². The molecule has 6 nitrogen and oxygen atoms in total. The van der Waals surface area contributed by atoms with Crippen LogP contribution in [0.25, 0.3) is 33.5 Å². The second kappa shape index (κ2) is 5.60. The molecule has 0 aliphatic carbocycles. The van der Waals surface area contributed by atoms with Crippen molar-refractivity contribution >= 4 is 27.8 Å². The van der Waals surface area contributed by atoms with Gasteiger partial charge in [0.1, 0.15) is 5.82 Å². The molecule has 2 aromatic carbocycles. The lowest BCUT2D eigenvalue weighted by Gasteiger charge is -2.34. The van der Waals surface area contributed by atoms with Crippen LogP contribution in [0, 0.1) is 0 Å². The number of aromatic nitrogens is 4. The van der Waals surface area contributed by atoms with Gasteiger partial charge in [-0.3, -0.25) is 0 Å². The summed E-state index contributed by atoms with van der Waals surface area (Å²) >= 11 is 0. The Morgan fingerprint density at radius 1 is 0.920 bits per heavy atom. The lowest BCUT2D eigenvalue weighted by molar-refractivity contribution is 0.313. The third-order valence-electron chi connectivity index (χ3n) is 5.03. The summed E-state index contributed by atoms with van der Waals surface area (Å²) in [5, 5.41) is 0. The first-order valence-corrected chi connectivity index (χ1v) is 8.63. The van der Waals surface area contributed by atoms with Gasteiger partial charge in [-0.25, -0.2) is 9.97 Å². The van der Waals surface area contributed by atoms with Crippen LogP contribution in [0.4, 0.5) is 5.69 Å². The summed E-state index contributed by atoms with van der Waals surface area (Å²) in [6.07, 6.45) is 1.72. The van der Waals surface area contributed by atoms with E-state index in [1.165, 1.54) is 5.69 Å². The molecule has 4 aromatic rings. The van der Waals surface area contributed by atoms with Crippen LogP contribution in [0.2, 0.25) is 0 Å². The van der Waals surface area contributed by atoms with E-state index in [-0.39, 0.29) is 0 Å². The van der Waals surface area contributed by atoms with Crippen molar-refractivity contribution in [3.05, 3.63) is 42.7 Å². The number of fused-ring (bicyclic) bond motifs is 2. The number of aromatic amines is 2. The summed E-state index contributed by atoms with van der Waals surface area (Å²) < 4.78 is 0. The lowest BCUT2D eigenvalue weighted by atomic mass is 10.2. The van der Waals surface area contributed by atoms with Crippen molar-refractivity contribution in [2.24, 2.45) is 0 Å². The molecule has 0 bridgehead atoms. The minimum atomic E-state index is 0.885. The molecule has 5 rings (SSSR count). The molecule has 1 aliphatic heterocycles. The Morgan fingerprint density at radius 3 is 2.64 bits per heavy atom. The molecule has 2 aromatic heterocycles. The van der Waals surface area contributed by atoms with Crippen molar-refractivity contribution in [1.82, 2.24) is 24.8 Å². The highest BCUT2D eigenvalue weighted by molar-refractivity contribution is 5.85. The number of likely N-dealkylation sites (N-methyl/N-ethyl adjacent to an activating group) is 1. The summed E-state index contributed by atoms with van der Waals surface area (Å²) in [6, 6.07) is 12.7. The molecular weight excluding hydrogens is 312 g/mol. The fraction of sp³-hybridized carbons (Fsp3) is 0.263. The van der Waals surface area contributed by atoms with Crippen LogP contribution in [0.15, 0.2) is 42.7 Å². The van der Waals surface area contributed by atoms with Crippen LogP contribution in [-0.2, 0) is 0 Å². The van der Waals surface area contributed by atoms with Crippen LogP contribution in [0.5, 0.6) is 0 Å². The number of hydrogen-bond acceptors (Lipinski definition) is 4. The molecular formula is C19H20N6. The summed E-state index contributed by atoms with van der Waals surface area (Å²) in [4.78, 5) is 20.5. The second-order valence-electron chi connectivity index (χ2n) is 6.71. The number of anilines is 1. The number of nitrogens with one attached hydrogen (secondary N) is 2. The first-order valence-electron chi connectivity index (χ1n) is 8.63. The Balaban J connectivity index is 1.50. The van der Waals surface area contributed by atoms with Crippen molar-refractivity contribution in [2.75, 3.05) is 38.1 Å². The standard InChI is InChI=1S/C19H20N6/c1-24-6-8-25(9-7-24)14-3-5-16-18(11-14)23-19(22-16)13-2-4-15-17(10-13)21-12-20-15/h2-5,10-12H,6-9H2,1H3,(H,20,21)(H,22,23). The monoisotopic (exact) mass is 332 g/mol. The largest absolute Gasteiger partial charge is 0.369 e. The normalized spacial score (nSPS) is 16.1. The first-order chi connectivity index (χ1) is 12.3. The van der Waals surface area contributed by atoms with E-state index in [2.05, 4.69) is 62.1 Å². The maximum Gasteiger partial charge on any atom is 0.138 e. The molecule has 6 heteroatoms. The van der Waals surface area contributed by atoms with Gasteiger partial charge in [0.25, 0.3) is 0 Å². The molecule has 2 N–H and O–H groups in total. The van der Waals surface area contributed by atoms with E-state index in [4.69, 9.17) is 4.98 Å². The molecule has 126 valence electrons. The number of benzene rings is 2. The number of rotatable bonds is 2. The zero-order chi connectivity index (χ0) is 16.8. The quantitative estimate of drug-likeness (QED) is 0.592. The van der Waals surface area contributed by atoms with Crippen molar-refractivity contribution < 1.29 is 0 Å². The SMILES string of the molecule is CN1CCN(c2ccc3[nH]c(-c4ccc5[nH]cnc5c4)nc3c2)CC1. The Hall–Kier alpha value is -2.86. The molecule has 0 unspecified atom stereocenters. The highest BCUT2D eigenvalue weighted by Crippen LogP contribution is 2.26. The van der Waals surface area contributed by atoms with Gasteiger partial charge >= 0.3 is 0 Å². The number of piperazine rings is 1. The minimum Gasteiger partial charge on any atom is -0.369 e. The van der Waals surface area contributed by atoms with E-state index in [9.17, 15) is 0 Å². The number of nitrogens with zero attached hydrogens (tertiary/aromatic N) is 4. The van der Waals surface area contributed by atoms with Gasteiger partial charge in [0.15, 0.2) is 0 Å². The molecule has 0 spiro atoms. The zero-order valence-electron chi connectivity index (χ0n) is 14.2. The zero-order valence-corrected chi connectivity index (χ0v) is 14.2.